The highest BCUT2D eigenvalue weighted by molar-refractivity contribution is 6.34. The van der Waals surface area contributed by atoms with E-state index in [0.717, 1.165) is 11.1 Å². The molecule has 0 spiro atoms. The van der Waals surface area contributed by atoms with Gasteiger partial charge in [0, 0.05) is 36.2 Å². The zero-order valence-corrected chi connectivity index (χ0v) is 24.6. The summed E-state index contributed by atoms with van der Waals surface area (Å²) >= 11 is 12.1. The van der Waals surface area contributed by atoms with Gasteiger partial charge in [-0.05, 0) is 60.2 Å². The van der Waals surface area contributed by atoms with Crippen LogP contribution in [-0.2, 0) is 32.0 Å². The summed E-state index contributed by atoms with van der Waals surface area (Å²) in [4.78, 5) is 25.7. The normalized spacial score (nSPS) is 12.2. The molecule has 0 aliphatic heterocycles. The monoisotopic (exact) mass is 583 g/mol. The largest absolute Gasteiger partial charge is 0.492 e. The highest BCUT2D eigenvalue weighted by Gasteiger charge is 2.20. The second-order valence-electron chi connectivity index (χ2n) is 10.3. The Kier molecular flexibility index (Phi) is 13.9. The number of ether oxygens (including phenoxy) is 4. The molecule has 2 aromatic rings. The highest BCUT2D eigenvalue weighted by Crippen LogP contribution is 2.20. The van der Waals surface area contributed by atoms with Gasteiger partial charge in [0.15, 0.2) is 6.10 Å². The van der Waals surface area contributed by atoms with Gasteiger partial charge in [-0.15, -0.1) is 0 Å². The molecule has 0 saturated heterocycles. The Morgan fingerprint density at radius 3 is 2.23 bits per heavy atom. The third-order valence-corrected chi connectivity index (χ3v) is 5.85. The van der Waals surface area contributed by atoms with Gasteiger partial charge >= 0.3 is 12.1 Å². The lowest BCUT2D eigenvalue weighted by molar-refractivity contribution is -0.149. The van der Waals surface area contributed by atoms with Crippen molar-refractivity contribution in [2.45, 2.75) is 53.2 Å². The number of carbonyl (C=O) groups is 2. The molecule has 8 nitrogen and oxygen atoms in total. The van der Waals surface area contributed by atoms with Crippen LogP contribution in [0.25, 0.3) is 0 Å². The van der Waals surface area contributed by atoms with E-state index in [9.17, 15) is 14.7 Å². The van der Waals surface area contributed by atoms with Crippen LogP contribution < -0.4 is 4.74 Å². The van der Waals surface area contributed by atoms with E-state index in [4.69, 9.17) is 42.1 Å². The summed E-state index contributed by atoms with van der Waals surface area (Å²) in [5.74, 6) is -0.372. The number of carboxylic acids is 1. The van der Waals surface area contributed by atoms with Gasteiger partial charge in [0.05, 0.1) is 19.8 Å². The molecule has 2 rings (SSSR count). The van der Waals surface area contributed by atoms with E-state index in [1.807, 2.05) is 32.9 Å². The van der Waals surface area contributed by atoms with E-state index in [2.05, 4.69) is 0 Å². The van der Waals surface area contributed by atoms with E-state index in [-0.39, 0.29) is 18.4 Å². The molecule has 0 bridgehead atoms. The summed E-state index contributed by atoms with van der Waals surface area (Å²) in [6.07, 6.45) is -0.413. The Bertz CT molecular complexity index is 1020. The van der Waals surface area contributed by atoms with E-state index >= 15 is 0 Å². The summed E-state index contributed by atoms with van der Waals surface area (Å²) in [5.41, 5.74) is 1.56. The minimum absolute atomic E-state index is 0.150. The molecule has 0 fully saturated rings. The number of hydrogen-bond donors (Lipinski definition) is 1. The fourth-order valence-electron chi connectivity index (χ4n) is 3.53. The fourth-order valence-corrected chi connectivity index (χ4v) is 4.11. The number of rotatable bonds is 16. The highest BCUT2D eigenvalue weighted by atomic mass is 35.5. The van der Waals surface area contributed by atoms with E-state index < -0.39 is 18.2 Å². The summed E-state index contributed by atoms with van der Waals surface area (Å²) in [6.45, 7) is 10.2. The molecule has 0 aliphatic rings. The lowest BCUT2D eigenvalue weighted by atomic mass is 9.99. The van der Waals surface area contributed by atoms with Crippen LogP contribution >= 0.6 is 23.2 Å². The number of nitrogens with zero attached hydrogens (tertiary/aromatic N) is 1. The van der Waals surface area contributed by atoms with Gasteiger partial charge in [0.1, 0.15) is 12.4 Å². The van der Waals surface area contributed by atoms with E-state index in [0.29, 0.717) is 61.7 Å². The average molecular weight is 585 g/mol. The van der Waals surface area contributed by atoms with Crippen molar-refractivity contribution in [2.24, 2.45) is 5.41 Å². The minimum Gasteiger partial charge on any atom is -0.492 e. The van der Waals surface area contributed by atoms with Crippen molar-refractivity contribution in [1.82, 2.24) is 4.90 Å². The molecule has 1 unspecified atom stereocenters. The lowest BCUT2D eigenvalue weighted by Crippen LogP contribution is -2.37. The van der Waals surface area contributed by atoms with Gasteiger partial charge in [-0.2, -0.15) is 0 Å². The molecule has 0 aliphatic carbocycles. The van der Waals surface area contributed by atoms with Crippen LogP contribution in [0.1, 0.15) is 45.2 Å². The molecular weight excluding hydrogens is 545 g/mol. The Morgan fingerprint density at radius 2 is 1.64 bits per heavy atom. The Hall–Kier alpha value is -2.52. The van der Waals surface area contributed by atoms with E-state index in [1.165, 1.54) is 0 Å². The van der Waals surface area contributed by atoms with Crippen molar-refractivity contribution in [3.8, 4) is 5.75 Å². The topological polar surface area (TPSA) is 94.5 Å². The SMILES string of the molecule is CCOC(Cc1ccc(OCCN(CCCOCc2cc(Cl)cc(Cl)c2)C(=O)OCC(C)(C)C)cc1)C(=O)O. The molecular formula is C29H39Cl2NO7. The van der Waals surface area contributed by atoms with Crippen molar-refractivity contribution < 1.29 is 33.6 Å². The first-order chi connectivity index (χ1) is 18.5. The molecule has 0 radical (unpaired) electrons. The maximum atomic E-state index is 12.8. The Labute approximate surface area is 241 Å². The molecule has 216 valence electrons. The lowest BCUT2D eigenvalue weighted by Gasteiger charge is -2.25. The quantitative estimate of drug-likeness (QED) is 0.225. The summed E-state index contributed by atoms with van der Waals surface area (Å²) in [7, 11) is 0. The number of hydrogen-bond acceptors (Lipinski definition) is 6. The second kappa shape index (κ2) is 16.6. The Balaban J connectivity index is 1.85. The van der Waals surface area contributed by atoms with Gasteiger partial charge < -0.3 is 29.0 Å². The molecule has 39 heavy (non-hydrogen) atoms. The molecule has 10 heteroatoms. The fraction of sp³-hybridized carbons (Fsp3) is 0.517. The molecule has 0 heterocycles. The van der Waals surface area contributed by atoms with Gasteiger partial charge in [-0.3, -0.25) is 0 Å². The maximum absolute atomic E-state index is 12.8. The number of aliphatic carboxylic acids is 1. The van der Waals surface area contributed by atoms with Crippen molar-refractivity contribution in [3.63, 3.8) is 0 Å². The first kappa shape index (κ1) is 32.7. The second-order valence-corrected chi connectivity index (χ2v) is 11.1. The van der Waals surface area contributed by atoms with Gasteiger partial charge in [-0.1, -0.05) is 56.1 Å². The van der Waals surface area contributed by atoms with Gasteiger partial charge in [0.25, 0.3) is 0 Å². The summed E-state index contributed by atoms with van der Waals surface area (Å²) in [6, 6.07) is 12.4. The van der Waals surface area contributed by atoms with Crippen molar-refractivity contribution in [3.05, 3.63) is 63.6 Å². The van der Waals surface area contributed by atoms with Crippen LogP contribution in [0.2, 0.25) is 10.0 Å². The minimum atomic E-state index is -0.991. The zero-order chi connectivity index (χ0) is 28.8. The molecule has 2 aromatic carbocycles. The number of halogens is 2. The van der Waals surface area contributed by atoms with Crippen LogP contribution in [0.5, 0.6) is 5.75 Å². The van der Waals surface area contributed by atoms with Crippen molar-refractivity contribution >= 4 is 35.3 Å². The standard InChI is InChI=1S/C29H39Cl2NO7/c1-5-37-26(27(33)34)17-21-7-9-25(10-8-21)38-14-12-32(28(35)39-20-29(2,3)4)11-6-13-36-19-22-15-23(30)18-24(31)16-22/h7-10,15-16,18,26H,5-6,11-14,17,19-20H2,1-4H3,(H,33,34). The zero-order valence-electron chi connectivity index (χ0n) is 23.1. The number of benzene rings is 2. The first-order valence-corrected chi connectivity index (χ1v) is 13.7. The van der Waals surface area contributed by atoms with Crippen LogP contribution in [0.15, 0.2) is 42.5 Å². The molecule has 1 amide bonds. The molecule has 0 aromatic heterocycles. The van der Waals surface area contributed by atoms with Crippen molar-refractivity contribution in [2.75, 3.05) is 39.5 Å². The number of carboxylic acid groups (broad SMARTS) is 1. The van der Waals surface area contributed by atoms with Crippen LogP contribution in [-0.4, -0.2) is 67.7 Å². The van der Waals surface area contributed by atoms with E-state index in [1.54, 1.807) is 42.2 Å². The van der Waals surface area contributed by atoms with Gasteiger partial charge in [-0.25, -0.2) is 9.59 Å². The van der Waals surface area contributed by atoms with Crippen LogP contribution in [0, 0.1) is 5.41 Å². The van der Waals surface area contributed by atoms with Crippen LogP contribution in [0.4, 0.5) is 4.79 Å². The molecule has 1 atom stereocenters. The summed E-state index contributed by atoms with van der Waals surface area (Å²) in [5, 5.41) is 10.4. The third kappa shape index (κ3) is 13.4. The van der Waals surface area contributed by atoms with Crippen molar-refractivity contribution in [1.29, 1.82) is 0 Å². The number of amides is 1. The van der Waals surface area contributed by atoms with Crippen LogP contribution in [0.3, 0.4) is 0 Å². The van der Waals surface area contributed by atoms with Gasteiger partial charge in [0.2, 0.25) is 0 Å². The maximum Gasteiger partial charge on any atom is 0.409 e. The third-order valence-electron chi connectivity index (χ3n) is 5.41. The predicted octanol–water partition coefficient (Wildman–Crippen LogP) is 6.50. The average Bonchev–Trinajstić information content (AvgIpc) is 2.85. The molecule has 0 saturated carbocycles. The predicted molar refractivity (Wildman–Crippen MR) is 152 cm³/mol. The first-order valence-electron chi connectivity index (χ1n) is 13.0. The Morgan fingerprint density at radius 1 is 0.974 bits per heavy atom. The summed E-state index contributed by atoms with van der Waals surface area (Å²) < 4.78 is 22.4. The number of carbonyl (C=O) groups excluding carboxylic acids is 1. The smallest absolute Gasteiger partial charge is 0.409 e. The molecule has 1 N–H and O–H groups in total.